The van der Waals surface area contributed by atoms with Gasteiger partial charge >= 0.3 is 6.09 Å². The maximum absolute atomic E-state index is 12.5. The summed E-state index contributed by atoms with van der Waals surface area (Å²) in [5.41, 5.74) is 0.673. The predicted octanol–water partition coefficient (Wildman–Crippen LogP) is 2.82. The maximum atomic E-state index is 12.5. The lowest BCUT2D eigenvalue weighted by atomic mass is 9.69. The van der Waals surface area contributed by atoms with Crippen molar-refractivity contribution in [1.29, 1.82) is 0 Å². The fourth-order valence-electron chi connectivity index (χ4n) is 3.66. The van der Waals surface area contributed by atoms with Crippen LogP contribution in [0.1, 0.15) is 58.6 Å². The number of piperidine rings is 1. The number of hydrogen-bond acceptors (Lipinski definition) is 4. The van der Waals surface area contributed by atoms with E-state index in [4.69, 9.17) is 4.74 Å². The highest BCUT2D eigenvalue weighted by Gasteiger charge is 2.49. The average molecular weight is 320 g/mol. The lowest BCUT2D eigenvalue weighted by Gasteiger charge is -2.54. The van der Waals surface area contributed by atoms with Crippen LogP contribution in [-0.4, -0.2) is 44.7 Å². The van der Waals surface area contributed by atoms with Gasteiger partial charge in [0.15, 0.2) is 0 Å². The topological polar surface area (TPSA) is 70.2 Å². The smallest absolute Gasteiger partial charge is 0.410 e. The number of rotatable bonds is 3. The molecule has 1 aromatic heterocycles. The van der Waals surface area contributed by atoms with E-state index in [-0.39, 0.29) is 11.6 Å². The van der Waals surface area contributed by atoms with E-state index in [0.717, 1.165) is 44.5 Å². The normalized spacial score (nSPS) is 23.6. The van der Waals surface area contributed by atoms with Crippen LogP contribution in [0.15, 0.2) is 12.5 Å². The summed E-state index contributed by atoms with van der Waals surface area (Å²) in [6, 6.07) is 0.442. The molecule has 1 unspecified atom stereocenters. The van der Waals surface area contributed by atoms with E-state index < -0.39 is 5.60 Å². The number of ether oxygens (including phenoxy) is 1. The predicted molar refractivity (Wildman–Crippen MR) is 88.0 cm³/mol. The van der Waals surface area contributed by atoms with Crippen LogP contribution in [0.3, 0.4) is 0 Å². The van der Waals surface area contributed by atoms with Crippen molar-refractivity contribution in [2.75, 3.05) is 6.54 Å². The molecule has 1 aliphatic carbocycles. The Morgan fingerprint density at radius 1 is 1.52 bits per heavy atom. The van der Waals surface area contributed by atoms with Gasteiger partial charge < -0.3 is 19.9 Å². The second kappa shape index (κ2) is 6.15. The Labute approximate surface area is 138 Å². The van der Waals surface area contributed by atoms with E-state index >= 15 is 0 Å². The van der Waals surface area contributed by atoms with Crippen molar-refractivity contribution >= 4 is 6.09 Å². The Bertz CT molecular complexity index is 531. The zero-order valence-electron chi connectivity index (χ0n) is 14.4. The molecule has 2 heterocycles. The molecule has 1 saturated heterocycles. The van der Waals surface area contributed by atoms with Crippen LogP contribution in [0.4, 0.5) is 4.79 Å². The van der Waals surface area contributed by atoms with Crippen molar-refractivity contribution < 1.29 is 9.53 Å². The molecule has 2 aliphatic rings. The molecule has 1 atom stereocenters. The van der Waals surface area contributed by atoms with Crippen molar-refractivity contribution in [2.45, 2.75) is 76.6 Å². The SMILES string of the molecule is CC(C)(C)OC(=O)N1CCC(NCc2cnc[nH]2)CC12CCC2. The summed E-state index contributed by atoms with van der Waals surface area (Å²) in [5.74, 6) is 0. The molecular formula is C17H28N4O2. The molecule has 0 bridgehead atoms. The monoisotopic (exact) mass is 320 g/mol. The Kier molecular flexibility index (Phi) is 4.36. The van der Waals surface area contributed by atoms with Crippen LogP contribution in [0.5, 0.6) is 0 Å². The zero-order chi connectivity index (χ0) is 16.5. The summed E-state index contributed by atoms with van der Waals surface area (Å²) in [6.07, 6.45) is 8.77. The number of carbonyl (C=O) groups excluding carboxylic acids is 1. The van der Waals surface area contributed by atoms with Gasteiger partial charge in [0.25, 0.3) is 0 Å². The number of aromatic nitrogens is 2. The maximum Gasteiger partial charge on any atom is 0.410 e. The summed E-state index contributed by atoms with van der Waals surface area (Å²) in [6.45, 7) is 7.36. The highest BCUT2D eigenvalue weighted by molar-refractivity contribution is 5.69. The molecule has 1 saturated carbocycles. The number of amides is 1. The first-order valence-corrected chi connectivity index (χ1v) is 8.59. The Morgan fingerprint density at radius 3 is 2.87 bits per heavy atom. The third-order valence-corrected chi connectivity index (χ3v) is 4.93. The van der Waals surface area contributed by atoms with Gasteiger partial charge in [-0.2, -0.15) is 0 Å². The van der Waals surface area contributed by atoms with Gasteiger partial charge in [-0.1, -0.05) is 0 Å². The van der Waals surface area contributed by atoms with Gasteiger partial charge in [0.05, 0.1) is 6.33 Å². The van der Waals surface area contributed by atoms with Crippen LogP contribution in [0.2, 0.25) is 0 Å². The number of nitrogens with one attached hydrogen (secondary N) is 2. The van der Waals surface area contributed by atoms with Gasteiger partial charge in [-0.3, -0.25) is 0 Å². The van der Waals surface area contributed by atoms with Gasteiger partial charge in [0.1, 0.15) is 5.60 Å². The number of nitrogens with zero attached hydrogens (tertiary/aromatic N) is 2. The van der Waals surface area contributed by atoms with Gasteiger partial charge in [-0.25, -0.2) is 9.78 Å². The third kappa shape index (κ3) is 3.68. The number of likely N-dealkylation sites (tertiary alicyclic amines) is 1. The van der Waals surface area contributed by atoms with E-state index in [1.807, 2.05) is 31.9 Å². The third-order valence-electron chi connectivity index (χ3n) is 4.93. The Morgan fingerprint density at radius 2 is 2.30 bits per heavy atom. The second-order valence-corrected chi connectivity index (χ2v) is 7.86. The molecule has 3 rings (SSSR count). The van der Waals surface area contributed by atoms with E-state index in [2.05, 4.69) is 15.3 Å². The zero-order valence-corrected chi connectivity index (χ0v) is 14.4. The van der Waals surface area contributed by atoms with Crippen molar-refractivity contribution in [3.8, 4) is 0 Å². The van der Waals surface area contributed by atoms with E-state index in [0.29, 0.717) is 6.04 Å². The molecule has 6 heteroatoms. The van der Waals surface area contributed by atoms with Crippen molar-refractivity contribution in [3.05, 3.63) is 18.2 Å². The summed E-state index contributed by atoms with van der Waals surface area (Å²) in [4.78, 5) is 21.7. The number of hydrogen-bond donors (Lipinski definition) is 2. The van der Waals surface area contributed by atoms with Gasteiger partial charge in [-0.15, -0.1) is 0 Å². The van der Waals surface area contributed by atoms with Gasteiger partial charge in [0.2, 0.25) is 0 Å². The van der Waals surface area contributed by atoms with Crippen molar-refractivity contribution in [3.63, 3.8) is 0 Å². The van der Waals surface area contributed by atoms with Crippen molar-refractivity contribution in [2.24, 2.45) is 0 Å². The molecule has 6 nitrogen and oxygen atoms in total. The average Bonchev–Trinajstić information content (AvgIpc) is 2.94. The molecule has 1 spiro atoms. The molecule has 2 fully saturated rings. The highest BCUT2D eigenvalue weighted by Crippen LogP contribution is 2.45. The summed E-state index contributed by atoms with van der Waals surface area (Å²) >= 11 is 0. The Hall–Kier alpha value is -1.56. The quantitative estimate of drug-likeness (QED) is 0.898. The minimum atomic E-state index is -0.433. The fourth-order valence-corrected chi connectivity index (χ4v) is 3.66. The van der Waals surface area contributed by atoms with E-state index in [9.17, 15) is 4.79 Å². The largest absolute Gasteiger partial charge is 0.444 e. The first kappa shape index (κ1) is 16.3. The lowest BCUT2D eigenvalue weighted by molar-refractivity contribution is -0.0494. The van der Waals surface area contributed by atoms with Crippen LogP contribution in [0, 0.1) is 0 Å². The lowest BCUT2D eigenvalue weighted by Crippen LogP contribution is -2.63. The molecule has 1 aliphatic heterocycles. The molecule has 1 amide bonds. The van der Waals surface area contributed by atoms with Crippen LogP contribution < -0.4 is 5.32 Å². The minimum absolute atomic E-state index is 0.00619. The fraction of sp³-hybridized carbons (Fsp3) is 0.765. The second-order valence-electron chi connectivity index (χ2n) is 7.86. The van der Waals surface area contributed by atoms with Crippen LogP contribution in [0.25, 0.3) is 0 Å². The van der Waals surface area contributed by atoms with Crippen molar-refractivity contribution in [1.82, 2.24) is 20.2 Å². The molecular weight excluding hydrogens is 292 g/mol. The van der Waals surface area contributed by atoms with E-state index in [1.165, 1.54) is 6.42 Å². The first-order valence-electron chi connectivity index (χ1n) is 8.59. The highest BCUT2D eigenvalue weighted by atomic mass is 16.6. The number of aromatic amines is 1. The standard InChI is InChI=1S/C17H28N4O2/c1-16(2,3)23-15(22)21-8-5-13(9-17(21)6-4-7-17)19-11-14-10-18-12-20-14/h10,12-13,19H,4-9,11H2,1-3H3,(H,18,20). The summed E-state index contributed by atoms with van der Waals surface area (Å²) < 4.78 is 5.62. The Balaban J connectivity index is 1.59. The summed E-state index contributed by atoms with van der Waals surface area (Å²) in [5, 5.41) is 3.61. The molecule has 2 N–H and O–H groups in total. The number of imidazole rings is 1. The van der Waals surface area contributed by atoms with Gasteiger partial charge in [0, 0.05) is 36.6 Å². The first-order chi connectivity index (χ1) is 10.9. The minimum Gasteiger partial charge on any atom is -0.444 e. The molecule has 1 aromatic rings. The van der Waals surface area contributed by atoms with E-state index in [1.54, 1.807) is 6.33 Å². The molecule has 0 aromatic carbocycles. The van der Waals surface area contributed by atoms with Crippen LogP contribution >= 0.6 is 0 Å². The molecule has 128 valence electrons. The summed E-state index contributed by atoms with van der Waals surface area (Å²) in [7, 11) is 0. The number of H-pyrrole nitrogens is 1. The molecule has 0 radical (unpaired) electrons. The van der Waals surface area contributed by atoms with Gasteiger partial charge in [-0.05, 0) is 52.9 Å². The van der Waals surface area contributed by atoms with Crippen LogP contribution in [-0.2, 0) is 11.3 Å². The number of carbonyl (C=O) groups is 1. The molecule has 23 heavy (non-hydrogen) atoms.